The molecule has 0 spiro atoms. The number of nitrogens with one attached hydrogen (secondary N) is 1. The lowest BCUT2D eigenvalue weighted by Gasteiger charge is -2.35. The van der Waals surface area contributed by atoms with Crippen molar-refractivity contribution < 1.29 is 4.79 Å². The molecular formula is C18H27N3O. The summed E-state index contributed by atoms with van der Waals surface area (Å²) < 4.78 is 0. The SMILES string of the molecule is CC(C)(C(=O)N1CCNCC1)c1ccc(CC2(N)CC2)cc1. The van der Waals surface area contributed by atoms with Crippen LogP contribution in [0.3, 0.4) is 0 Å². The molecule has 1 heterocycles. The van der Waals surface area contributed by atoms with Gasteiger partial charge in [-0.3, -0.25) is 4.79 Å². The number of hydrogen-bond acceptors (Lipinski definition) is 3. The topological polar surface area (TPSA) is 58.4 Å². The number of hydrogen-bond donors (Lipinski definition) is 2. The van der Waals surface area contributed by atoms with Gasteiger partial charge >= 0.3 is 0 Å². The standard InChI is InChI=1S/C18H27N3O/c1-17(2,16(22)21-11-9-20-10-12-21)15-5-3-14(4-6-15)13-18(19)7-8-18/h3-6,20H,7-13,19H2,1-2H3. The molecule has 0 atom stereocenters. The number of amides is 1. The first-order valence-corrected chi connectivity index (χ1v) is 8.29. The molecule has 120 valence electrons. The van der Waals surface area contributed by atoms with Crippen LogP contribution in [-0.4, -0.2) is 42.5 Å². The summed E-state index contributed by atoms with van der Waals surface area (Å²) in [5.74, 6) is 0.222. The number of carbonyl (C=O) groups excluding carboxylic acids is 1. The first-order chi connectivity index (χ1) is 10.4. The van der Waals surface area contributed by atoms with Crippen molar-refractivity contribution in [1.82, 2.24) is 10.2 Å². The van der Waals surface area contributed by atoms with Crippen LogP contribution in [-0.2, 0) is 16.6 Å². The summed E-state index contributed by atoms with van der Waals surface area (Å²) in [5.41, 5.74) is 8.10. The molecule has 2 aliphatic rings. The number of piperazine rings is 1. The molecule has 1 aliphatic heterocycles. The molecule has 0 aromatic heterocycles. The van der Waals surface area contributed by atoms with Gasteiger partial charge in [-0.05, 0) is 44.2 Å². The van der Waals surface area contributed by atoms with Gasteiger partial charge in [0.25, 0.3) is 0 Å². The van der Waals surface area contributed by atoms with Crippen molar-refractivity contribution in [3.63, 3.8) is 0 Å². The molecule has 0 radical (unpaired) electrons. The van der Waals surface area contributed by atoms with E-state index >= 15 is 0 Å². The van der Waals surface area contributed by atoms with Crippen LogP contribution < -0.4 is 11.1 Å². The number of nitrogens with zero attached hydrogens (tertiary/aromatic N) is 1. The van der Waals surface area contributed by atoms with E-state index in [-0.39, 0.29) is 11.4 Å². The second kappa shape index (κ2) is 5.67. The molecule has 3 N–H and O–H groups in total. The highest BCUT2D eigenvalue weighted by atomic mass is 16.2. The minimum absolute atomic E-state index is 0.0354. The van der Waals surface area contributed by atoms with Crippen molar-refractivity contribution in [2.45, 2.75) is 44.1 Å². The third kappa shape index (κ3) is 3.18. The lowest BCUT2D eigenvalue weighted by Crippen LogP contribution is -2.51. The third-order valence-electron chi connectivity index (χ3n) is 5.06. The lowest BCUT2D eigenvalue weighted by atomic mass is 9.82. The molecule has 0 unspecified atom stereocenters. The van der Waals surface area contributed by atoms with Gasteiger partial charge in [0.2, 0.25) is 5.91 Å². The van der Waals surface area contributed by atoms with Crippen molar-refractivity contribution in [3.8, 4) is 0 Å². The second-order valence-electron chi connectivity index (χ2n) is 7.40. The summed E-state index contributed by atoms with van der Waals surface area (Å²) in [5, 5.41) is 3.29. The van der Waals surface area contributed by atoms with Crippen LogP contribution in [0, 0.1) is 0 Å². The van der Waals surface area contributed by atoms with Crippen LogP contribution in [0.1, 0.15) is 37.8 Å². The average Bonchev–Trinajstić information content (AvgIpc) is 3.25. The number of rotatable bonds is 4. The lowest BCUT2D eigenvalue weighted by molar-refractivity contribution is -0.136. The van der Waals surface area contributed by atoms with E-state index < -0.39 is 5.41 Å². The minimum atomic E-state index is -0.476. The molecule has 3 rings (SSSR count). The first-order valence-electron chi connectivity index (χ1n) is 8.29. The number of carbonyl (C=O) groups is 1. The van der Waals surface area contributed by atoms with Gasteiger partial charge in [-0.15, -0.1) is 0 Å². The van der Waals surface area contributed by atoms with E-state index in [1.54, 1.807) is 0 Å². The summed E-state index contributed by atoms with van der Waals surface area (Å²) in [6.07, 6.45) is 3.20. The molecule has 2 fully saturated rings. The molecule has 22 heavy (non-hydrogen) atoms. The third-order valence-corrected chi connectivity index (χ3v) is 5.06. The Bertz CT molecular complexity index is 540. The normalized spacial score (nSPS) is 20.8. The van der Waals surface area contributed by atoms with E-state index in [1.807, 2.05) is 18.7 Å². The monoisotopic (exact) mass is 301 g/mol. The van der Waals surface area contributed by atoms with Gasteiger partial charge in [0.15, 0.2) is 0 Å². The maximum absolute atomic E-state index is 12.8. The van der Waals surface area contributed by atoms with Gasteiger partial charge in [0, 0.05) is 31.7 Å². The maximum atomic E-state index is 12.8. The van der Waals surface area contributed by atoms with Gasteiger partial charge in [0.05, 0.1) is 5.41 Å². The second-order valence-corrected chi connectivity index (χ2v) is 7.40. The van der Waals surface area contributed by atoms with Crippen LogP contribution in [0.15, 0.2) is 24.3 Å². The fourth-order valence-electron chi connectivity index (χ4n) is 3.17. The maximum Gasteiger partial charge on any atom is 0.232 e. The highest BCUT2D eigenvalue weighted by Crippen LogP contribution is 2.36. The van der Waals surface area contributed by atoms with Crippen molar-refractivity contribution >= 4 is 5.91 Å². The predicted molar refractivity (Wildman–Crippen MR) is 88.8 cm³/mol. The predicted octanol–water partition coefficient (Wildman–Crippen LogP) is 1.43. The van der Waals surface area contributed by atoms with Crippen LogP contribution in [0.4, 0.5) is 0 Å². The molecule has 4 nitrogen and oxygen atoms in total. The Balaban J connectivity index is 1.71. The Morgan fingerprint density at radius 1 is 1.23 bits per heavy atom. The molecule has 1 aromatic carbocycles. The smallest absolute Gasteiger partial charge is 0.232 e. The molecule has 1 amide bonds. The van der Waals surface area contributed by atoms with Crippen LogP contribution in [0.25, 0.3) is 0 Å². The van der Waals surface area contributed by atoms with Gasteiger partial charge < -0.3 is 16.0 Å². The highest BCUT2D eigenvalue weighted by Gasteiger charge is 2.38. The van der Waals surface area contributed by atoms with E-state index in [0.717, 1.165) is 51.0 Å². The average molecular weight is 301 g/mol. The Morgan fingerprint density at radius 2 is 1.82 bits per heavy atom. The van der Waals surface area contributed by atoms with Gasteiger partial charge in [-0.1, -0.05) is 24.3 Å². The summed E-state index contributed by atoms with van der Waals surface area (Å²) in [4.78, 5) is 14.8. The Labute approximate surface area is 133 Å². The van der Waals surface area contributed by atoms with E-state index in [2.05, 4.69) is 29.6 Å². The highest BCUT2D eigenvalue weighted by molar-refractivity contribution is 5.87. The molecule has 4 heteroatoms. The van der Waals surface area contributed by atoms with Gasteiger partial charge in [-0.2, -0.15) is 0 Å². The first kappa shape index (κ1) is 15.5. The molecule has 1 aromatic rings. The summed E-state index contributed by atoms with van der Waals surface area (Å²) in [6, 6.07) is 8.46. The fraction of sp³-hybridized carbons (Fsp3) is 0.611. The summed E-state index contributed by atoms with van der Waals surface area (Å²) in [7, 11) is 0. The molecule has 0 bridgehead atoms. The van der Waals surface area contributed by atoms with Crippen molar-refractivity contribution in [2.24, 2.45) is 5.73 Å². The minimum Gasteiger partial charge on any atom is -0.339 e. The van der Waals surface area contributed by atoms with Gasteiger partial charge in [-0.25, -0.2) is 0 Å². The number of benzene rings is 1. The van der Waals surface area contributed by atoms with Crippen molar-refractivity contribution in [2.75, 3.05) is 26.2 Å². The van der Waals surface area contributed by atoms with E-state index in [1.165, 1.54) is 5.56 Å². The van der Waals surface area contributed by atoms with Crippen LogP contribution >= 0.6 is 0 Å². The van der Waals surface area contributed by atoms with Crippen LogP contribution in [0.2, 0.25) is 0 Å². The van der Waals surface area contributed by atoms with Crippen molar-refractivity contribution in [1.29, 1.82) is 0 Å². The van der Waals surface area contributed by atoms with E-state index in [9.17, 15) is 4.79 Å². The van der Waals surface area contributed by atoms with Crippen LogP contribution in [0.5, 0.6) is 0 Å². The molecule has 1 aliphatic carbocycles. The zero-order chi connectivity index (χ0) is 15.8. The molecule has 1 saturated heterocycles. The Kier molecular flexibility index (Phi) is 4.00. The van der Waals surface area contributed by atoms with Gasteiger partial charge in [0.1, 0.15) is 0 Å². The fourth-order valence-corrected chi connectivity index (χ4v) is 3.17. The summed E-state index contributed by atoms with van der Waals surface area (Å²) >= 11 is 0. The number of nitrogens with two attached hydrogens (primary N) is 1. The van der Waals surface area contributed by atoms with E-state index in [4.69, 9.17) is 5.73 Å². The van der Waals surface area contributed by atoms with Crippen molar-refractivity contribution in [3.05, 3.63) is 35.4 Å². The molecular weight excluding hydrogens is 274 g/mol. The largest absolute Gasteiger partial charge is 0.339 e. The Morgan fingerprint density at radius 3 is 2.36 bits per heavy atom. The Hall–Kier alpha value is -1.39. The quantitative estimate of drug-likeness (QED) is 0.884. The zero-order valence-corrected chi connectivity index (χ0v) is 13.7. The zero-order valence-electron chi connectivity index (χ0n) is 13.7. The van der Waals surface area contributed by atoms with E-state index in [0.29, 0.717) is 0 Å². The molecule has 1 saturated carbocycles. The summed E-state index contributed by atoms with van der Waals surface area (Å²) in [6.45, 7) is 7.43.